The van der Waals surface area contributed by atoms with Gasteiger partial charge < -0.3 is 20.1 Å². The van der Waals surface area contributed by atoms with Crippen LogP contribution in [0.25, 0.3) is 0 Å². The van der Waals surface area contributed by atoms with Gasteiger partial charge in [0.15, 0.2) is 11.5 Å². The van der Waals surface area contributed by atoms with Crippen LogP contribution in [-0.4, -0.2) is 16.8 Å². The summed E-state index contributed by atoms with van der Waals surface area (Å²) in [5.74, 6) is 2.85. The molecule has 0 saturated heterocycles. The third kappa shape index (κ3) is 3.11. The van der Waals surface area contributed by atoms with E-state index in [-0.39, 0.29) is 6.79 Å². The Balaban J connectivity index is 1.53. The summed E-state index contributed by atoms with van der Waals surface area (Å²) in [6, 6.07) is 15.4. The van der Waals surface area contributed by atoms with E-state index in [9.17, 15) is 0 Å². The van der Waals surface area contributed by atoms with Crippen LogP contribution in [0, 0.1) is 0 Å². The molecule has 0 spiro atoms. The number of para-hydroxylation sites is 1. The Hall–Kier alpha value is -2.80. The zero-order valence-corrected chi connectivity index (χ0v) is 14.1. The van der Waals surface area contributed by atoms with E-state index in [0.29, 0.717) is 11.6 Å². The van der Waals surface area contributed by atoms with Crippen LogP contribution >= 0.6 is 15.9 Å². The number of halogens is 1. The van der Waals surface area contributed by atoms with Crippen LogP contribution in [0.2, 0.25) is 0 Å². The Morgan fingerprint density at radius 2 is 1.67 bits per heavy atom. The number of anilines is 4. The molecule has 0 radical (unpaired) electrons. The third-order valence-corrected chi connectivity index (χ3v) is 4.14. The van der Waals surface area contributed by atoms with E-state index in [1.165, 1.54) is 6.33 Å². The molecule has 0 atom stereocenters. The van der Waals surface area contributed by atoms with Gasteiger partial charge in [0, 0.05) is 22.3 Å². The lowest BCUT2D eigenvalue weighted by molar-refractivity contribution is 0.174. The van der Waals surface area contributed by atoms with Crippen LogP contribution in [0.3, 0.4) is 0 Å². The van der Waals surface area contributed by atoms with Crippen LogP contribution in [-0.2, 0) is 0 Å². The second kappa shape index (κ2) is 6.37. The molecule has 1 aromatic heterocycles. The molecule has 0 unspecified atom stereocenters. The van der Waals surface area contributed by atoms with Gasteiger partial charge in [-0.1, -0.05) is 12.1 Å². The van der Waals surface area contributed by atoms with Crippen LogP contribution in [0.5, 0.6) is 11.5 Å². The number of benzene rings is 2. The molecule has 1 aliphatic rings. The summed E-state index contributed by atoms with van der Waals surface area (Å²) in [7, 11) is 0. The van der Waals surface area contributed by atoms with Gasteiger partial charge in [0.2, 0.25) is 6.79 Å². The van der Waals surface area contributed by atoms with Gasteiger partial charge in [-0.15, -0.1) is 0 Å². The fourth-order valence-electron chi connectivity index (χ4n) is 2.32. The third-order valence-electron chi connectivity index (χ3n) is 3.45. The molecule has 24 heavy (non-hydrogen) atoms. The molecule has 120 valence electrons. The fraction of sp³-hybridized carbons (Fsp3) is 0.0588. The number of rotatable bonds is 4. The number of hydrogen-bond donors (Lipinski definition) is 2. The molecule has 6 nitrogen and oxygen atoms in total. The van der Waals surface area contributed by atoms with Gasteiger partial charge in [-0.2, -0.15) is 0 Å². The Kier molecular flexibility index (Phi) is 3.92. The highest BCUT2D eigenvalue weighted by Crippen LogP contribution is 2.35. The van der Waals surface area contributed by atoms with Crippen molar-refractivity contribution in [2.45, 2.75) is 0 Å². The average Bonchev–Trinajstić information content (AvgIpc) is 3.05. The highest BCUT2D eigenvalue weighted by molar-refractivity contribution is 9.10. The number of nitrogens with zero attached hydrogens (tertiary/aromatic N) is 2. The minimum absolute atomic E-state index is 0.256. The number of nitrogens with one attached hydrogen (secondary N) is 2. The van der Waals surface area contributed by atoms with Crippen molar-refractivity contribution in [1.82, 2.24) is 9.97 Å². The summed E-state index contributed by atoms with van der Waals surface area (Å²) in [5.41, 5.74) is 1.80. The van der Waals surface area contributed by atoms with Gasteiger partial charge in [-0.05, 0) is 40.2 Å². The van der Waals surface area contributed by atoms with Gasteiger partial charge >= 0.3 is 0 Å². The molecule has 0 fully saturated rings. The topological polar surface area (TPSA) is 68.3 Å². The Bertz CT molecular complexity index is 888. The molecule has 1 aliphatic heterocycles. The molecule has 2 N–H and O–H groups in total. The summed E-state index contributed by atoms with van der Waals surface area (Å²) in [4.78, 5) is 8.49. The number of aromatic nitrogens is 2. The van der Waals surface area contributed by atoms with Crippen molar-refractivity contribution >= 4 is 38.9 Å². The van der Waals surface area contributed by atoms with Crippen molar-refractivity contribution in [3.63, 3.8) is 0 Å². The van der Waals surface area contributed by atoms with E-state index in [1.807, 2.05) is 48.5 Å². The maximum Gasteiger partial charge on any atom is 0.231 e. The van der Waals surface area contributed by atoms with Crippen molar-refractivity contribution in [2.75, 3.05) is 17.4 Å². The lowest BCUT2D eigenvalue weighted by atomic mass is 10.3. The number of fused-ring (bicyclic) bond motifs is 1. The van der Waals surface area contributed by atoms with E-state index in [0.717, 1.165) is 27.3 Å². The highest BCUT2D eigenvalue weighted by atomic mass is 79.9. The zero-order chi connectivity index (χ0) is 16.4. The predicted octanol–water partition coefficient (Wildman–Crippen LogP) is 4.46. The minimum Gasteiger partial charge on any atom is -0.454 e. The van der Waals surface area contributed by atoms with Crippen LogP contribution in [0.15, 0.2) is 59.3 Å². The largest absolute Gasteiger partial charge is 0.454 e. The monoisotopic (exact) mass is 384 g/mol. The second-order valence-electron chi connectivity index (χ2n) is 5.09. The molecule has 4 rings (SSSR count). The summed E-state index contributed by atoms with van der Waals surface area (Å²) >= 11 is 3.51. The molecule has 3 aromatic rings. The van der Waals surface area contributed by atoms with Crippen molar-refractivity contribution in [1.29, 1.82) is 0 Å². The fourth-order valence-corrected chi connectivity index (χ4v) is 2.70. The van der Waals surface area contributed by atoms with Gasteiger partial charge in [0.05, 0.1) is 5.69 Å². The molecule has 2 heterocycles. The molecule has 2 aromatic carbocycles. The highest BCUT2D eigenvalue weighted by Gasteiger charge is 2.13. The van der Waals surface area contributed by atoms with E-state index < -0.39 is 0 Å². The van der Waals surface area contributed by atoms with Crippen LogP contribution < -0.4 is 20.1 Å². The normalized spacial score (nSPS) is 12.0. The van der Waals surface area contributed by atoms with Gasteiger partial charge in [0.25, 0.3) is 0 Å². The predicted molar refractivity (Wildman–Crippen MR) is 95.3 cm³/mol. The lowest BCUT2D eigenvalue weighted by Gasteiger charge is -2.10. The van der Waals surface area contributed by atoms with E-state index >= 15 is 0 Å². The molecular weight excluding hydrogens is 372 g/mol. The first-order valence-corrected chi connectivity index (χ1v) is 8.07. The molecule has 0 amide bonds. The first-order valence-electron chi connectivity index (χ1n) is 7.28. The van der Waals surface area contributed by atoms with Gasteiger partial charge in [-0.25, -0.2) is 9.97 Å². The first-order chi connectivity index (χ1) is 11.8. The van der Waals surface area contributed by atoms with Crippen LogP contribution in [0.4, 0.5) is 23.0 Å². The molecular formula is C17H13BrN4O2. The maximum atomic E-state index is 5.38. The zero-order valence-electron chi connectivity index (χ0n) is 12.5. The standard InChI is InChI=1S/C17H13BrN4O2/c18-12-3-1-2-4-13(12)22-17-8-16(19-9-20-17)21-11-5-6-14-15(7-11)24-10-23-14/h1-9H,10H2,(H2,19,20,21,22). The Labute approximate surface area is 147 Å². The van der Waals surface area contributed by atoms with Gasteiger partial charge in [-0.3, -0.25) is 0 Å². The molecule has 0 saturated carbocycles. The van der Waals surface area contributed by atoms with E-state index in [2.05, 4.69) is 36.5 Å². The first kappa shape index (κ1) is 14.8. The van der Waals surface area contributed by atoms with Crippen molar-refractivity contribution in [3.8, 4) is 11.5 Å². The molecule has 0 bridgehead atoms. The van der Waals surface area contributed by atoms with Crippen LogP contribution in [0.1, 0.15) is 0 Å². The quantitative estimate of drug-likeness (QED) is 0.692. The molecule has 7 heteroatoms. The average molecular weight is 385 g/mol. The Morgan fingerprint density at radius 1 is 0.875 bits per heavy atom. The smallest absolute Gasteiger partial charge is 0.231 e. The summed E-state index contributed by atoms with van der Waals surface area (Å²) < 4.78 is 11.7. The summed E-state index contributed by atoms with van der Waals surface area (Å²) in [5, 5.41) is 6.49. The number of ether oxygens (including phenoxy) is 2. The van der Waals surface area contributed by atoms with Crippen molar-refractivity contribution < 1.29 is 9.47 Å². The van der Waals surface area contributed by atoms with E-state index in [4.69, 9.17) is 9.47 Å². The lowest BCUT2D eigenvalue weighted by Crippen LogP contribution is -1.99. The second-order valence-corrected chi connectivity index (χ2v) is 5.94. The Morgan fingerprint density at radius 3 is 2.54 bits per heavy atom. The van der Waals surface area contributed by atoms with Crippen molar-refractivity contribution in [3.05, 3.63) is 59.3 Å². The van der Waals surface area contributed by atoms with E-state index in [1.54, 1.807) is 0 Å². The molecule has 0 aliphatic carbocycles. The van der Waals surface area contributed by atoms with Crippen molar-refractivity contribution in [2.24, 2.45) is 0 Å². The number of hydrogen-bond acceptors (Lipinski definition) is 6. The summed E-state index contributed by atoms with van der Waals surface area (Å²) in [6.07, 6.45) is 1.51. The minimum atomic E-state index is 0.256. The summed E-state index contributed by atoms with van der Waals surface area (Å²) in [6.45, 7) is 0.256. The maximum absolute atomic E-state index is 5.38. The van der Waals surface area contributed by atoms with Gasteiger partial charge in [0.1, 0.15) is 18.0 Å². The SMILES string of the molecule is Brc1ccccc1Nc1cc(Nc2ccc3c(c2)OCO3)ncn1.